The van der Waals surface area contributed by atoms with E-state index in [2.05, 4.69) is 27.7 Å². The third-order valence-corrected chi connectivity index (χ3v) is 8.34. The van der Waals surface area contributed by atoms with Crippen LogP contribution in [0.15, 0.2) is 0 Å². The van der Waals surface area contributed by atoms with Crippen LogP contribution in [-0.2, 0) is 8.85 Å². The number of unbranched alkanes of at least 4 members (excludes halogenated alkanes) is 10. The van der Waals surface area contributed by atoms with Crippen molar-refractivity contribution in [3.8, 4) is 0 Å². The van der Waals surface area contributed by atoms with Gasteiger partial charge in [-0.25, -0.2) is 0 Å². The van der Waals surface area contributed by atoms with Crippen molar-refractivity contribution in [1.82, 2.24) is 0 Å². The second kappa shape index (κ2) is 16.0. The molecular weight excluding hydrogens is 288 g/mol. The van der Waals surface area contributed by atoms with Crippen LogP contribution in [0.1, 0.15) is 98.3 Å². The molecule has 2 nitrogen and oxygen atoms in total. The summed E-state index contributed by atoms with van der Waals surface area (Å²) in [6.07, 6.45) is 15.4. The summed E-state index contributed by atoms with van der Waals surface area (Å²) in [6.45, 7) is 10.3. The lowest BCUT2D eigenvalue weighted by molar-refractivity contribution is 0.182. The minimum absolute atomic E-state index is 0.804. The lowest BCUT2D eigenvalue weighted by Gasteiger charge is -2.28. The van der Waals surface area contributed by atoms with Gasteiger partial charge in [0.1, 0.15) is 0 Å². The molecule has 0 N–H and O–H groups in total. The first-order valence-corrected chi connectivity index (χ1v) is 12.3. The van der Waals surface area contributed by atoms with Crippen molar-refractivity contribution in [2.24, 2.45) is 0 Å². The van der Waals surface area contributed by atoms with E-state index in [4.69, 9.17) is 8.85 Å². The van der Waals surface area contributed by atoms with E-state index in [1.807, 2.05) is 0 Å². The summed E-state index contributed by atoms with van der Waals surface area (Å²) < 4.78 is 12.1. The van der Waals surface area contributed by atoms with Crippen LogP contribution in [0.5, 0.6) is 0 Å². The van der Waals surface area contributed by atoms with E-state index in [1.165, 1.54) is 76.7 Å². The molecule has 0 amide bonds. The van der Waals surface area contributed by atoms with Gasteiger partial charge >= 0.3 is 8.56 Å². The first-order chi connectivity index (χ1) is 10.7. The Hall–Kier alpha value is 0.137. The number of hydrogen-bond donors (Lipinski definition) is 0. The maximum atomic E-state index is 6.03. The normalized spacial score (nSPS) is 12.0. The molecule has 0 aliphatic rings. The fraction of sp³-hybridized carbons (Fsp3) is 1.00. The predicted molar refractivity (Wildman–Crippen MR) is 101 cm³/mol. The molecule has 134 valence electrons. The Morgan fingerprint density at radius 2 is 0.955 bits per heavy atom. The molecule has 0 saturated carbocycles. The van der Waals surface area contributed by atoms with Gasteiger partial charge in [-0.1, -0.05) is 84.5 Å². The van der Waals surface area contributed by atoms with E-state index in [-0.39, 0.29) is 0 Å². The quantitative estimate of drug-likeness (QED) is 0.215. The summed E-state index contributed by atoms with van der Waals surface area (Å²) >= 11 is 0. The van der Waals surface area contributed by atoms with Gasteiger partial charge in [0.05, 0.1) is 0 Å². The molecule has 0 fully saturated rings. The molecule has 22 heavy (non-hydrogen) atoms. The fourth-order valence-corrected chi connectivity index (χ4v) is 6.13. The minimum atomic E-state index is -1.86. The lowest BCUT2D eigenvalue weighted by atomic mass is 10.1. The molecule has 0 aromatic rings. The molecule has 0 aliphatic carbocycles. The Balaban J connectivity index is 3.53. The highest BCUT2D eigenvalue weighted by atomic mass is 28.4. The zero-order valence-electron chi connectivity index (χ0n) is 15.9. The Morgan fingerprint density at radius 3 is 1.32 bits per heavy atom. The van der Waals surface area contributed by atoms with Crippen LogP contribution in [0.2, 0.25) is 12.1 Å². The van der Waals surface area contributed by atoms with E-state index in [9.17, 15) is 0 Å². The number of hydrogen-bond acceptors (Lipinski definition) is 2. The van der Waals surface area contributed by atoms with Gasteiger partial charge in [-0.2, -0.15) is 0 Å². The summed E-state index contributed by atoms with van der Waals surface area (Å²) in [7, 11) is -1.86. The number of rotatable bonds is 17. The van der Waals surface area contributed by atoms with Crippen LogP contribution >= 0.6 is 0 Å². The van der Waals surface area contributed by atoms with Crippen molar-refractivity contribution in [3.05, 3.63) is 0 Å². The van der Waals surface area contributed by atoms with E-state index < -0.39 is 8.56 Å². The minimum Gasteiger partial charge on any atom is -0.394 e. The lowest BCUT2D eigenvalue weighted by Crippen LogP contribution is -2.41. The Kier molecular flexibility index (Phi) is 16.1. The molecule has 0 heterocycles. The summed E-state index contributed by atoms with van der Waals surface area (Å²) in [4.78, 5) is 0. The van der Waals surface area contributed by atoms with Gasteiger partial charge in [-0.05, 0) is 25.9 Å². The third kappa shape index (κ3) is 11.7. The van der Waals surface area contributed by atoms with Crippen molar-refractivity contribution < 1.29 is 8.85 Å². The Bertz CT molecular complexity index is 215. The molecule has 0 aromatic carbocycles. The third-order valence-electron chi connectivity index (χ3n) is 4.51. The SMILES string of the molecule is CCCCCCCCCCCCC[Si](CC)(OCC)OCC. The molecule has 0 rings (SSSR count). The highest BCUT2D eigenvalue weighted by Crippen LogP contribution is 2.23. The zero-order valence-corrected chi connectivity index (χ0v) is 16.9. The standard InChI is InChI=1S/C19H42O2Si/c1-5-9-10-11-12-13-14-15-16-17-18-19-22(8-4,20-6-2)21-7-3/h5-19H2,1-4H3. The van der Waals surface area contributed by atoms with Crippen LogP contribution in [-0.4, -0.2) is 21.8 Å². The molecule has 0 atom stereocenters. The van der Waals surface area contributed by atoms with Gasteiger partial charge in [-0.15, -0.1) is 0 Å². The Morgan fingerprint density at radius 1 is 0.545 bits per heavy atom. The smallest absolute Gasteiger partial charge is 0.337 e. The molecule has 0 spiro atoms. The average Bonchev–Trinajstić information content (AvgIpc) is 2.53. The molecule has 0 radical (unpaired) electrons. The summed E-state index contributed by atoms with van der Waals surface area (Å²) in [5, 5.41) is 0. The maximum absolute atomic E-state index is 6.03. The fourth-order valence-electron chi connectivity index (χ4n) is 3.15. The first-order valence-electron chi connectivity index (χ1n) is 10.0. The van der Waals surface area contributed by atoms with Crippen LogP contribution in [0.4, 0.5) is 0 Å². The Labute approximate surface area is 141 Å². The van der Waals surface area contributed by atoms with Crippen molar-refractivity contribution in [2.45, 2.75) is 110 Å². The monoisotopic (exact) mass is 330 g/mol. The molecular formula is C19H42O2Si. The van der Waals surface area contributed by atoms with Gasteiger partial charge in [0.15, 0.2) is 0 Å². The molecule has 0 bridgehead atoms. The van der Waals surface area contributed by atoms with Crippen LogP contribution in [0, 0.1) is 0 Å². The van der Waals surface area contributed by atoms with Crippen molar-refractivity contribution >= 4 is 8.56 Å². The second-order valence-electron chi connectivity index (χ2n) is 6.42. The predicted octanol–water partition coefficient (Wildman–Crippen LogP) is 6.83. The van der Waals surface area contributed by atoms with Crippen LogP contribution in [0.3, 0.4) is 0 Å². The molecule has 0 aromatic heterocycles. The molecule has 0 unspecified atom stereocenters. The van der Waals surface area contributed by atoms with Crippen molar-refractivity contribution in [3.63, 3.8) is 0 Å². The van der Waals surface area contributed by atoms with Crippen LogP contribution in [0.25, 0.3) is 0 Å². The average molecular weight is 331 g/mol. The van der Waals surface area contributed by atoms with E-state index in [0.29, 0.717) is 0 Å². The van der Waals surface area contributed by atoms with Crippen molar-refractivity contribution in [2.75, 3.05) is 13.2 Å². The first kappa shape index (κ1) is 22.1. The summed E-state index contributed by atoms with van der Waals surface area (Å²) in [6, 6.07) is 2.27. The second-order valence-corrected chi connectivity index (χ2v) is 10.0. The largest absolute Gasteiger partial charge is 0.394 e. The van der Waals surface area contributed by atoms with Gasteiger partial charge in [-0.3, -0.25) is 0 Å². The van der Waals surface area contributed by atoms with Gasteiger partial charge in [0.25, 0.3) is 0 Å². The topological polar surface area (TPSA) is 18.5 Å². The van der Waals surface area contributed by atoms with Gasteiger partial charge in [0, 0.05) is 13.2 Å². The van der Waals surface area contributed by atoms with E-state index in [1.54, 1.807) is 0 Å². The highest BCUT2D eigenvalue weighted by molar-refractivity contribution is 6.67. The zero-order chi connectivity index (χ0) is 16.5. The van der Waals surface area contributed by atoms with E-state index >= 15 is 0 Å². The van der Waals surface area contributed by atoms with Gasteiger partial charge in [0.2, 0.25) is 0 Å². The van der Waals surface area contributed by atoms with Gasteiger partial charge < -0.3 is 8.85 Å². The van der Waals surface area contributed by atoms with Crippen LogP contribution < -0.4 is 0 Å². The summed E-state index contributed by atoms with van der Waals surface area (Å²) in [5.74, 6) is 0. The van der Waals surface area contributed by atoms with E-state index in [0.717, 1.165) is 19.3 Å². The summed E-state index contributed by atoms with van der Waals surface area (Å²) in [5.41, 5.74) is 0. The molecule has 0 saturated heterocycles. The molecule has 3 heteroatoms. The maximum Gasteiger partial charge on any atom is 0.337 e. The highest BCUT2D eigenvalue weighted by Gasteiger charge is 2.33. The van der Waals surface area contributed by atoms with Crippen molar-refractivity contribution in [1.29, 1.82) is 0 Å². The molecule has 0 aliphatic heterocycles.